The van der Waals surface area contributed by atoms with Gasteiger partial charge in [0.25, 0.3) is 0 Å². The van der Waals surface area contributed by atoms with E-state index in [1.165, 1.54) is 16.8 Å². The van der Waals surface area contributed by atoms with Crippen molar-refractivity contribution in [2.45, 2.75) is 0 Å². The number of aromatic nitrogens is 1. The van der Waals surface area contributed by atoms with Crippen LogP contribution in [-0.4, -0.2) is 19.1 Å². The first-order valence-corrected chi connectivity index (χ1v) is 5.56. The molecule has 0 N–H and O–H groups in total. The lowest BCUT2D eigenvalue weighted by Crippen LogP contribution is -2.10. The van der Waals surface area contributed by atoms with Crippen molar-refractivity contribution in [3.05, 3.63) is 54.9 Å². The van der Waals surface area contributed by atoms with Crippen molar-refractivity contribution in [2.75, 3.05) is 19.0 Å². The molecule has 0 bridgehead atoms. The minimum Gasteiger partial charge on any atom is -0.377 e. The Morgan fingerprint density at radius 2 is 1.76 bits per heavy atom. The lowest BCUT2D eigenvalue weighted by atomic mass is 10.0. The number of hydrogen-bond acceptors (Lipinski definition) is 2. The molecule has 86 valence electrons. The van der Waals surface area contributed by atoms with Crippen LogP contribution < -0.4 is 4.90 Å². The fourth-order valence-corrected chi connectivity index (χ4v) is 1.83. The van der Waals surface area contributed by atoms with E-state index in [0.717, 1.165) is 5.56 Å². The average molecular weight is 224 g/mol. The quantitative estimate of drug-likeness (QED) is 0.793. The van der Waals surface area contributed by atoms with Gasteiger partial charge in [-0.15, -0.1) is 0 Å². The molecule has 0 spiro atoms. The van der Waals surface area contributed by atoms with Gasteiger partial charge in [-0.3, -0.25) is 4.98 Å². The van der Waals surface area contributed by atoms with E-state index in [1.54, 1.807) is 0 Å². The van der Waals surface area contributed by atoms with E-state index in [-0.39, 0.29) is 0 Å². The van der Waals surface area contributed by atoms with Gasteiger partial charge < -0.3 is 4.90 Å². The summed E-state index contributed by atoms with van der Waals surface area (Å²) in [4.78, 5) is 6.13. The van der Waals surface area contributed by atoms with Gasteiger partial charge in [0.15, 0.2) is 0 Å². The minimum atomic E-state index is 1.15. The fraction of sp³-hybridized carbons (Fsp3) is 0.133. The molecule has 2 heteroatoms. The van der Waals surface area contributed by atoms with E-state index < -0.39 is 0 Å². The van der Waals surface area contributed by atoms with Gasteiger partial charge in [-0.25, -0.2) is 0 Å². The van der Waals surface area contributed by atoms with Crippen LogP contribution >= 0.6 is 0 Å². The third-order valence-electron chi connectivity index (χ3n) is 2.75. The highest BCUT2D eigenvalue weighted by Crippen LogP contribution is 2.27. The molecule has 0 atom stereocenters. The topological polar surface area (TPSA) is 16.1 Å². The zero-order valence-electron chi connectivity index (χ0n) is 10.2. The Hall–Kier alpha value is -2.09. The summed E-state index contributed by atoms with van der Waals surface area (Å²) in [6, 6.07) is 10.4. The molecule has 0 saturated heterocycles. The summed E-state index contributed by atoms with van der Waals surface area (Å²) in [6.07, 6.45) is 5.50. The highest BCUT2D eigenvalue weighted by atomic mass is 15.1. The van der Waals surface area contributed by atoms with Gasteiger partial charge in [-0.05, 0) is 34.9 Å². The van der Waals surface area contributed by atoms with Gasteiger partial charge in [0, 0.05) is 32.2 Å². The maximum absolute atomic E-state index is 4.04. The summed E-state index contributed by atoms with van der Waals surface area (Å²) in [7, 11) is 4.08. The standard InChI is InChI=1S/C15H16N2/c1-4-12-5-6-14(11-15(12)17(2)3)13-7-9-16-10-8-13/h4-11H,1H2,2-3H3. The van der Waals surface area contributed by atoms with Gasteiger partial charge in [0.1, 0.15) is 0 Å². The lowest BCUT2D eigenvalue weighted by Gasteiger charge is -2.17. The lowest BCUT2D eigenvalue weighted by molar-refractivity contribution is 1.13. The number of hydrogen-bond donors (Lipinski definition) is 0. The van der Waals surface area contributed by atoms with Gasteiger partial charge in [-0.1, -0.05) is 24.8 Å². The Morgan fingerprint density at radius 3 is 2.35 bits per heavy atom. The predicted molar refractivity (Wildman–Crippen MR) is 74.1 cm³/mol. The average Bonchev–Trinajstić information content (AvgIpc) is 2.39. The van der Waals surface area contributed by atoms with E-state index in [9.17, 15) is 0 Å². The number of benzene rings is 1. The van der Waals surface area contributed by atoms with Crippen LogP contribution in [0.4, 0.5) is 5.69 Å². The Kier molecular flexibility index (Phi) is 3.24. The molecule has 1 heterocycles. The van der Waals surface area contributed by atoms with E-state index >= 15 is 0 Å². The first-order valence-electron chi connectivity index (χ1n) is 5.56. The number of nitrogens with zero attached hydrogens (tertiary/aromatic N) is 2. The van der Waals surface area contributed by atoms with Gasteiger partial charge in [0.2, 0.25) is 0 Å². The molecule has 0 aliphatic carbocycles. The third-order valence-corrected chi connectivity index (χ3v) is 2.75. The smallest absolute Gasteiger partial charge is 0.0440 e. The molecular formula is C15H16N2. The van der Waals surface area contributed by atoms with E-state index in [2.05, 4.69) is 34.7 Å². The van der Waals surface area contributed by atoms with Crippen molar-refractivity contribution in [1.29, 1.82) is 0 Å². The molecule has 0 aliphatic heterocycles. The second-order valence-corrected chi connectivity index (χ2v) is 4.11. The number of rotatable bonds is 3. The summed E-state index contributed by atoms with van der Waals surface area (Å²) in [5.74, 6) is 0. The van der Waals surface area contributed by atoms with Crippen LogP contribution in [0, 0.1) is 0 Å². The molecule has 0 aliphatic rings. The Morgan fingerprint density at radius 1 is 1.06 bits per heavy atom. The minimum absolute atomic E-state index is 1.15. The summed E-state index contributed by atoms with van der Waals surface area (Å²) >= 11 is 0. The van der Waals surface area contributed by atoms with E-state index in [4.69, 9.17) is 0 Å². The normalized spacial score (nSPS) is 10.0. The predicted octanol–water partition coefficient (Wildman–Crippen LogP) is 3.46. The summed E-state index contributed by atoms with van der Waals surface area (Å²) in [5, 5.41) is 0. The van der Waals surface area contributed by atoms with Gasteiger partial charge in [-0.2, -0.15) is 0 Å². The van der Waals surface area contributed by atoms with E-state index in [1.807, 2.05) is 44.7 Å². The molecule has 2 nitrogen and oxygen atoms in total. The molecular weight excluding hydrogens is 208 g/mol. The molecule has 0 fully saturated rings. The van der Waals surface area contributed by atoms with Crippen LogP contribution in [0.1, 0.15) is 5.56 Å². The van der Waals surface area contributed by atoms with Crippen molar-refractivity contribution in [3.63, 3.8) is 0 Å². The van der Waals surface area contributed by atoms with E-state index in [0.29, 0.717) is 0 Å². The number of anilines is 1. The monoisotopic (exact) mass is 224 g/mol. The largest absolute Gasteiger partial charge is 0.377 e. The highest BCUT2D eigenvalue weighted by Gasteiger charge is 2.04. The van der Waals surface area contributed by atoms with Crippen LogP contribution in [0.2, 0.25) is 0 Å². The third kappa shape index (κ3) is 2.36. The van der Waals surface area contributed by atoms with Crippen molar-refractivity contribution in [1.82, 2.24) is 4.98 Å². The van der Waals surface area contributed by atoms with Crippen molar-refractivity contribution < 1.29 is 0 Å². The SMILES string of the molecule is C=Cc1ccc(-c2ccncc2)cc1N(C)C. The Balaban J connectivity index is 2.51. The first kappa shape index (κ1) is 11.4. The van der Waals surface area contributed by atoms with Crippen molar-refractivity contribution in [3.8, 4) is 11.1 Å². The van der Waals surface area contributed by atoms with Crippen LogP contribution in [0.5, 0.6) is 0 Å². The second-order valence-electron chi connectivity index (χ2n) is 4.11. The molecule has 0 saturated carbocycles. The van der Waals surface area contributed by atoms with Crippen molar-refractivity contribution in [2.24, 2.45) is 0 Å². The summed E-state index contributed by atoms with van der Waals surface area (Å²) < 4.78 is 0. The molecule has 2 rings (SSSR count). The number of pyridine rings is 1. The Labute approximate surface area is 102 Å². The summed E-state index contributed by atoms with van der Waals surface area (Å²) in [5.41, 5.74) is 4.70. The molecule has 1 aromatic heterocycles. The molecule has 0 radical (unpaired) electrons. The highest BCUT2D eigenvalue weighted by molar-refractivity contribution is 5.75. The second kappa shape index (κ2) is 4.83. The molecule has 0 amide bonds. The molecule has 1 aromatic carbocycles. The fourth-order valence-electron chi connectivity index (χ4n) is 1.83. The van der Waals surface area contributed by atoms with Gasteiger partial charge >= 0.3 is 0 Å². The maximum atomic E-state index is 4.04. The first-order chi connectivity index (χ1) is 8.22. The van der Waals surface area contributed by atoms with Crippen LogP contribution in [0.15, 0.2) is 49.3 Å². The van der Waals surface area contributed by atoms with Crippen molar-refractivity contribution >= 4 is 11.8 Å². The molecule has 17 heavy (non-hydrogen) atoms. The van der Waals surface area contributed by atoms with Crippen LogP contribution in [0.25, 0.3) is 17.2 Å². The zero-order chi connectivity index (χ0) is 12.3. The summed E-state index contributed by atoms with van der Waals surface area (Å²) in [6.45, 7) is 3.84. The molecule has 2 aromatic rings. The van der Waals surface area contributed by atoms with Gasteiger partial charge in [0.05, 0.1) is 0 Å². The van der Waals surface area contributed by atoms with Crippen LogP contribution in [0.3, 0.4) is 0 Å². The molecule has 0 unspecified atom stereocenters. The maximum Gasteiger partial charge on any atom is 0.0440 e. The van der Waals surface area contributed by atoms with Crippen LogP contribution in [-0.2, 0) is 0 Å². The zero-order valence-corrected chi connectivity index (χ0v) is 10.2. The Bertz CT molecular complexity index is 516.